The molecular formula is C14H25NO. The number of hydrogen-bond donors (Lipinski definition) is 0. The van der Waals surface area contributed by atoms with Gasteiger partial charge >= 0.3 is 0 Å². The summed E-state index contributed by atoms with van der Waals surface area (Å²) in [5, 5.41) is 0. The minimum atomic E-state index is 0.248. The topological polar surface area (TPSA) is 20.3 Å². The van der Waals surface area contributed by atoms with E-state index < -0.39 is 0 Å². The highest BCUT2D eigenvalue weighted by molar-refractivity contribution is 5.78. The van der Waals surface area contributed by atoms with Gasteiger partial charge < -0.3 is 4.90 Å². The summed E-state index contributed by atoms with van der Waals surface area (Å²) in [7, 11) is 0. The average molecular weight is 223 g/mol. The molecule has 0 saturated heterocycles. The van der Waals surface area contributed by atoms with Gasteiger partial charge in [0, 0.05) is 25.2 Å². The van der Waals surface area contributed by atoms with Crippen molar-refractivity contribution in [3.63, 3.8) is 0 Å². The molecule has 0 spiro atoms. The molecule has 0 aromatic rings. The average Bonchev–Trinajstić information content (AvgIpc) is 2.07. The van der Waals surface area contributed by atoms with Crippen LogP contribution in [0.5, 0.6) is 0 Å². The van der Waals surface area contributed by atoms with Crippen LogP contribution in [0.1, 0.15) is 47.5 Å². The monoisotopic (exact) mass is 223 g/mol. The summed E-state index contributed by atoms with van der Waals surface area (Å²) in [5.41, 5.74) is 1.48. The lowest BCUT2D eigenvalue weighted by Gasteiger charge is -2.38. The summed E-state index contributed by atoms with van der Waals surface area (Å²) in [6, 6.07) is 0. The Bertz CT molecular complexity index is 289. The van der Waals surface area contributed by atoms with Crippen molar-refractivity contribution in [3.05, 3.63) is 11.8 Å². The Morgan fingerprint density at radius 2 is 2.12 bits per heavy atom. The molecule has 2 nitrogen and oxygen atoms in total. The molecule has 0 fully saturated rings. The zero-order valence-electron chi connectivity index (χ0n) is 11.3. The van der Waals surface area contributed by atoms with Crippen molar-refractivity contribution in [2.45, 2.75) is 47.5 Å². The van der Waals surface area contributed by atoms with E-state index in [0.29, 0.717) is 12.3 Å². The van der Waals surface area contributed by atoms with Crippen LogP contribution < -0.4 is 0 Å². The van der Waals surface area contributed by atoms with Gasteiger partial charge in [-0.05, 0) is 24.7 Å². The fraction of sp³-hybridized carbons (Fsp3) is 0.786. The largest absolute Gasteiger partial charge is 0.374 e. The summed E-state index contributed by atoms with van der Waals surface area (Å²) in [6.45, 7) is 12.8. The standard InChI is InChI=1S/C14H25NO/c1-11(2)10-15-7-6-14(4,5)9-13(15)8-12(3)16/h9,11H,6-8,10H2,1-5H3. The molecule has 1 aliphatic heterocycles. The molecule has 92 valence electrons. The van der Waals surface area contributed by atoms with Crippen LogP contribution in [0.25, 0.3) is 0 Å². The van der Waals surface area contributed by atoms with Crippen molar-refractivity contribution in [2.75, 3.05) is 13.1 Å². The van der Waals surface area contributed by atoms with Gasteiger partial charge in [0.2, 0.25) is 0 Å². The molecule has 0 bridgehead atoms. The maximum Gasteiger partial charge on any atom is 0.135 e. The van der Waals surface area contributed by atoms with Crippen LogP contribution in [0, 0.1) is 11.3 Å². The second kappa shape index (κ2) is 5.03. The number of hydrogen-bond acceptors (Lipinski definition) is 2. The Morgan fingerprint density at radius 1 is 1.50 bits per heavy atom. The van der Waals surface area contributed by atoms with Crippen molar-refractivity contribution < 1.29 is 4.79 Å². The van der Waals surface area contributed by atoms with Crippen LogP contribution >= 0.6 is 0 Å². The number of carbonyl (C=O) groups excluding carboxylic acids is 1. The fourth-order valence-corrected chi connectivity index (χ4v) is 2.25. The van der Waals surface area contributed by atoms with Crippen molar-refractivity contribution in [2.24, 2.45) is 11.3 Å². The molecule has 2 heteroatoms. The second-order valence-corrected chi connectivity index (χ2v) is 6.09. The summed E-state index contributed by atoms with van der Waals surface area (Å²) in [5.74, 6) is 0.911. The molecule has 0 amide bonds. The molecule has 0 aromatic carbocycles. The third-order valence-corrected chi connectivity index (χ3v) is 3.01. The fourth-order valence-electron chi connectivity index (χ4n) is 2.25. The van der Waals surface area contributed by atoms with E-state index in [1.54, 1.807) is 6.92 Å². The van der Waals surface area contributed by atoms with E-state index in [4.69, 9.17) is 0 Å². The van der Waals surface area contributed by atoms with Gasteiger partial charge in [-0.2, -0.15) is 0 Å². The lowest BCUT2D eigenvalue weighted by Crippen LogP contribution is -2.36. The quantitative estimate of drug-likeness (QED) is 0.729. The van der Waals surface area contributed by atoms with E-state index in [1.165, 1.54) is 12.1 Å². The van der Waals surface area contributed by atoms with Crippen LogP contribution in [0.3, 0.4) is 0 Å². The molecule has 1 heterocycles. The number of ketones is 1. The number of Topliss-reactive ketones (excluding diaryl/α,β-unsaturated/α-hetero) is 1. The van der Waals surface area contributed by atoms with Gasteiger partial charge in [0.05, 0.1) is 0 Å². The lowest BCUT2D eigenvalue weighted by atomic mass is 9.84. The van der Waals surface area contributed by atoms with Gasteiger partial charge in [-0.1, -0.05) is 33.8 Å². The molecule has 1 aliphatic rings. The molecule has 0 unspecified atom stereocenters. The predicted octanol–water partition coefficient (Wildman–Crippen LogP) is 3.24. The number of rotatable bonds is 4. The summed E-state index contributed by atoms with van der Waals surface area (Å²) in [6.07, 6.45) is 4.07. The Balaban J connectivity index is 2.81. The molecule has 1 rings (SSSR count). The maximum atomic E-state index is 11.3. The summed E-state index contributed by atoms with van der Waals surface area (Å²) >= 11 is 0. The first-order valence-electron chi connectivity index (χ1n) is 6.26. The zero-order chi connectivity index (χ0) is 12.3. The van der Waals surface area contributed by atoms with Gasteiger partial charge in [-0.15, -0.1) is 0 Å². The highest BCUT2D eigenvalue weighted by Gasteiger charge is 2.25. The van der Waals surface area contributed by atoms with Crippen molar-refractivity contribution in [3.8, 4) is 0 Å². The van der Waals surface area contributed by atoms with Gasteiger partial charge in [0.25, 0.3) is 0 Å². The van der Waals surface area contributed by atoms with Gasteiger partial charge in [-0.25, -0.2) is 0 Å². The van der Waals surface area contributed by atoms with E-state index in [2.05, 4.69) is 38.7 Å². The smallest absolute Gasteiger partial charge is 0.135 e. The van der Waals surface area contributed by atoms with Crippen LogP contribution in [-0.4, -0.2) is 23.8 Å². The van der Waals surface area contributed by atoms with Gasteiger partial charge in [0.15, 0.2) is 0 Å². The Kier molecular flexibility index (Phi) is 4.17. The molecule has 0 N–H and O–H groups in total. The lowest BCUT2D eigenvalue weighted by molar-refractivity contribution is -0.116. The van der Waals surface area contributed by atoms with Gasteiger partial charge in [0.1, 0.15) is 5.78 Å². The highest BCUT2D eigenvalue weighted by atomic mass is 16.1. The summed E-state index contributed by atoms with van der Waals surface area (Å²) in [4.78, 5) is 13.7. The van der Waals surface area contributed by atoms with Crippen molar-refractivity contribution >= 4 is 5.78 Å². The molecule has 0 aromatic heterocycles. The molecular weight excluding hydrogens is 198 g/mol. The van der Waals surface area contributed by atoms with Crippen molar-refractivity contribution in [1.82, 2.24) is 4.90 Å². The van der Waals surface area contributed by atoms with Crippen LogP contribution in [0.4, 0.5) is 0 Å². The van der Waals surface area contributed by atoms with E-state index in [9.17, 15) is 4.79 Å². The Hall–Kier alpha value is -0.790. The minimum absolute atomic E-state index is 0.248. The third kappa shape index (κ3) is 3.99. The zero-order valence-corrected chi connectivity index (χ0v) is 11.3. The van der Waals surface area contributed by atoms with E-state index in [-0.39, 0.29) is 11.2 Å². The number of allylic oxidation sites excluding steroid dienone is 2. The molecule has 0 aliphatic carbocycles. The van der Waals surface area contributed by atoms with Crippen molar-refractivity contribution in [1.29, 1.82) is 0 Å². The van der Waals surface area contributed by atoms with Crippen LogP contribution in [-0.2, 0) is 4.79 Å². The maximum absolute atomic E-state index is 11.3. The molecule has 0 saturated carbocycles. The number of carbonyl (C=O) groups is 1. The second-order valence-electron chi connectivity index (χ2n) is 6.09. The number of nitrogens with zero attached hydrogens (tertiary/aromatic N) is 1. The SMILES string of the molecule is CC(=O)CC1=CC(C)(C)CCN1CC(C)C. The normalized spacial score (nSPS) is 19.9. The van der Waals surface area contributed by atoms with Crippen LogP contribution in [0.2, 0.25) is 0 Å². The van der Waals surface area contributed by atoms with Crippen LogP contribution in [0.15, 0.2) is 11.8 Å². The van der Waals surface area contributed by atoms with E-state index >= 15 is 0 Å². The minimum Gasteiger partial charge on any atom is -0.374 e. The predicted molar refractivity (Wildman–Crippen MR) is 68.2 cm³/mol. The summed E-state index contributed by atoms with van der Waals surface area (Å²) < 4.78 is 0. The van der Waals surface area contributed by atoms with E-state index in [0.717, 1.165) is 13.1 Å². The first kappa shape index (κ1) is 13.3. The first-order valence-corrected chi connectivity index (χ1v) is 6.26. The molecule has 0 atom stereocenters. The molecule has 0 radical (unpaired) electrons. The van der Waals surface area contributed by atoms with Gasteiger partial charge in [-0.3, -0.25) is 4.79 Å². The Labute approximate surface area is 99.7 Å². The Morgan fingerprint density at radius 3 is 2.62 bits per heavy atom. The molecule has 16 heavy (non-hydrogen) atoms. The highest BCUT2D eigenvalue weighted by Crippen LogP contribution is 2.32. The van der Waals surface area contributed by atoms with E-state index in [1.807, 2.05) is 0 Å². The first-order chi connectivity index (χ1) is 7.30. The third-order valence-electron chi connectivity index (χ3n) is 3.01.